The summed E-state index contributed by atoms with van der Waals surface area (Å²) in [6, 6.07) is 8.55. The normalized spacial score (nSPS) is 12.5. The van der Waals surface area contributed by atoms with Crippen LogP contribution in [0.2, 0.25) is 0 Å². The summed E-state index contributed by atoms with van der Waals surface area (Å²) in [7, 11) is 0. The Kier molecular flexibility index (Phi) is 6.93. The van der Waals surface area contributed by atoms with Crippen molar-refractivity contribution < 1.29 is 4.79 Å². The number of hydrogen-bond acceptors (Lipinski definition) is 1. The molecule has 0 spiro atoms. The van der Waals surface area contributed by atoms with E-state index in [-0.39, 0.29) is 11.9 Å². The van der Waals surface area contributed by atoms with E-state index in [9.17, 15) is 4.79 Å². The second-order valence-corrected chi connectivity index (χ2v) is 5.80. The molecule has 0 fully saturated rings. The lowest BCUT2D eigenvalue weighted by molar-refractivity contribution is -0.121. The number of nitrogens with one attached hydrogen (secondary N) is 1. The van der Waals surface area contributed by atoms with Crippen LogP contribution in [0.15, 0.2) is 24.3 Å². The molecule has 0 bridgehead atoms. The maximum atomic E-state index is 11.6. The number of rotatable bonds is 7. The van der Waals surface area contributed by atoms with E-state index in [1.54, 1.807) is 0 Å². The molecule has 1 unspecified atom stereocenters. The first-order valence-corrected chi connectivity index (χ1v) is 7.50. The van der Waals surface area contributed by atoms with Crippen LogP contribution < -0.4 is 5.32 Å². The maximum absolute atomic E-state index is 11.6. The van der Waals surface area contributed by atoms with Crippen LogP contribution in [0.3, 0.4) is 0 Å². The molecule has 1 amide bonds. The molecule has 0 saturated heterocycles. The molecule has 1 rings (SSSR count). The average molecular weight is 282 g/mol. The van der Waals surface area contributed by atoms with Crippen LogP contribution in [0.5, 0.6) is 0 Å². The van der Waals surface area contributed by atoms with Crippen molar-refractivity contribution in [1.29, 1.82) is 0 Å². The zero-order valence-corrected chi connectivity index (χ0v) is 12.8. The van der Waals surface area contributed by atoms with Gasteiger partial charge in [0.05, 0.1) is 6.04 Å². The summed E-state index contributed by atoms with van der Waals surface area (Å²) >= 11 is 5.58. The maximum Gasteiger partial charge on any atom is 0.220 e. The third-order valence-corrected chi connectivity index (χ3v) is 3.31. The van der Waals surface area contributed by atoms with E-state index in [2.05, 4.69) is 43.4 Å². The number of halogens is 1. The first-order chi connectivity index (χ1) is 9.02. The van der Waals surface area contributed by atoms with E-state index in [0.29, 0.717) is 18.2 Å². The van der Waals surface area contributed by atoms with E-state index in [4.69, 9.17) is 11.6 Å². The Labute approximate surface area is 121 Å². The molecule has 2 nitrogen and oxygen atoms in total. The quantitative estimate of drug-likeness (QED) is 0.750. The van der Waals surface area contributed by atoms with E-state index < -0.39 is 0 Å². The van der Waals surface area contributed by atoms with Gasteiger partial charge < -0.3 is 5.32 Å². The van der Waals surface area contributed by atoms with E-state index >= 15 is 0 Å². The van der Waals surface area contributed by atoms with Gasteiger partial charge in [-0.2, -0.15) is 0 Å². The van der Waals surface area contributed by atoms with Gasteiger partial charge in [0, 0.05) is 12.3 Å². The Bertz CT molecular complexity index is 386. The molecular formula is C16H24ClNO. The van der Waals surface area contributed by atoms with Gasteiger partial charge in [-0.25, -0.2) is 0 Å². The molecule has 0 aromatic heterocycles. The fourth-order valence-corrected chi connectivity index (χ4v) is 2.17. The van der Waals surface area contributed by atoms with Crippen molar-refractivity contribution >= 4 is 17.5 Å². The molecule has 0 saturated carbocycles. The number of carbonyl (C=O) groups is 1. The Morgan fingerprint density at radius 2 is 1.84 bits per heavy atom. The van der Waals surface area contributed by atoms with Crippen molar-refractivity contribution in [3.8, 4) is 0 Å². The van der Waals surface area contributed by atoms with Gasteiger partial charge in [-0.05, 0) is 36.8 Å². The summed E-state index contributed by atoms with van der Waals surface area (Å²) < 4.78 is 0. The minimum Gasteiger partial charge on any atom is -0.350 e. The SMILES string of the molecule is CC(C)Cc1ccc(C(C)NC(=O)CCCCl)cc1. The molecule has 0 radical (unpaired) electrons. The number of benzene rings is 1. The summed E-state index contributed by atoms with van der Waals surface area (Å²) in [5.74, 6) is 1.27. The van der Waals surface area contributed by atoms with Gasteiger partial charge in [-0.1, -0.05) is 38.1 Å². The van der Waals surface area contributed by atoms with Crippen LogP contribution in [0.25, 0.3) is 0 Å². The van der Waals surface area contributed by atoms with Gasteiger partial charge in [0.1, 0.15) is 0 Å². The Morgan fingerprint density at radius 1 is 1.21 bits per heavy atom. The fourth-order valence-electron chi connectivity index (χ4n) is 2.04. The smallest absolute Gasteiger partial charge is 0.220 e. The zero-order chi connectivity index (χ0) is 14.3. The molecule has 1 atom stereocenters. The van der Waals surface area contributed by atoms with Crippen molar-refractivity contribution in [3.05, 3.63) is 35.4 Å². The monoisotopic (exact) mass is 281 g/mol. The zero-order valence-electron chi connectivity index (χ0n) is 12.1. The van der Waals surface area contributed by atoms with Crippen molar-refractivity contribution in [2.75, 3.05) is 5.88 Å². The van der Waals surface area contributed by atoms with E-state index in [1.165, 1.54) is 5.56 Å². The highest BCUT2D eigenvalue weighted by atomic mass is 35.5. The molecule has 19 heavy (non-hydrogen) atoms. The van der Waals surface area contributed by atoms with Gasteiger partial charge in [0.15, 0.2) is 0 Å². The Morgan fingerprint density at radius 3 is 2.37 bits per heavy atom. The molecule has 0 aliphatic carbocycles. The lowest BCUT2D eigenvalue weighted by Crippen LogP contribution is -2.26. The third kappa shape index (κ3) is 6.11. The lowest BCUT2D eigenvalue weighted by atomic mass is 10.00. The summed E-state index contributed by atoms with van der Waals surface area (Å²) in [4.78, 5) is 11.6. The van der Waals surface area contributed by atoms with E-state index in [0.717, 1.165) is 18.4 Å². The number of carbonyl (C=O) groups excluding carboxylic acids is 1. The lowest BCUT2D eigenvalue weighted by Gasteiger charge is -2.15. The van der Waals surface area contributed by atoms with Crippen molar-refractivity contribution in [3.63, 3.8) is 0 Å². The largest absolute Gasteiger partial charge is 0.350 e. The van der Waals surface area contributed by atoms with Crippen LogP contribution in [-0.2, 0) is 11.2 Å². The van der Waals surface area contributed by atoms with E-state index in [1.807, 2.05) is 6.92 Å². The second-order valence-electron chi connectivity index (χ2n) is 5.42. The fraction of sp³-hybridized carbons (Fsp3) is 0.562. The van der Waals surface area contributed by atoms with Crippen LogP contribution in [0.4, 0.5) is 0 Å². The highest BCUT2D eigenvalue weighted by molar-refractivity contribution is 6.17. The van der Waals surface area contributed by atoms with Gasteiger partial charge in [-0.3, -0.25) is 4.79 Å². The van der Waals surface area contributed by atoms with Crippen molar-refractivity contribution in [2.45, 2.75) is 46.1 Å². The number of alkyl halides is 1. The molecule has 0 aliphatic heterocycles. The van der Waals surface area contributed by atoms with Crippen molar-refractivity contribution in [2.24, 2.45) is 5.92 Å². The molecule has 0 aliphatic rings. The molecule has 1 aromatic rings. The predicted molar refractivity (Wildman–Crippen MR) is 81.5 cm³/mol. The summed E-state index contributed by atoms with van der Waals surface area (Å²) in [5.41, 5.74) is 2.49. The number of hydrogen-bond donors (Lipinski definition) is 1. The molecule has 106 valence electrons. The molecule has 0 heterocycles. The molecule has 3 heteroatoms. The van der Waals surface area contributed by atoms with Crippen molar-refractivity contribution in [1.82, 2.24) is 5.32 Å². The first kappa shape index (κ1) is 16.0. The van der Waals surface area contributed by atoms with Crippen LogP contribution in [0, 0.1) is 5.92 Å². The number of amides is 1. The minimum atomic E-state index is 0.0518. The highest BCUT2D eigenvalue weighted by Crippen LogP contribution is 2.15. The first-order valence-electron chi connectivity index (χ1n) is 6.97. The summed E-state index contributed by atoms with van der Waals surface area (Å²) in [5, 5.41) is 2.99. The molecular weight excluding hydrogens is 258 g/mol. The summed E-state index contributed by atoms with van der Waals surface area (Å²) in [6.07, 6.45) is 2.32. The molecule has 1 aromatic carbocycles. The Hall–Kier alpha value is -1.02. The van der Waals surface area contributed by atoms with Crippen LogP contribution in [-0.4, -0.2) is 11.8 Å². The highest BCUT2D eigenvalue weighted by Gasteiger charge is 2.09. The van der Waals surface area contributed by atoms with Crippen LogP contribution >= 0.6 is 11.6 Å². The predicted octanol–water partition coefficient (Wildman–Crippen LogP) is 4.08. The van der Waals surface area contributed by atoms with Gasteiger partial charge in [0.25, 0.3) is 0 Å². The standard InChI is InChI=1S/C16H24ClNO/c1-12(2)11-14-6-8-15(9-7-14)13(3)18-16(19)5-4-10-17/h6-9,12-13H,4-5,10-11H2,1-3H3,(H,18,19). The minimum absolute atomic E-state index is 0.0518. The topological polar surface area (TPSA) is 29.1 Å². The summed E-state index contributed by atoms with van der Waals surface area (Å²) in [6.45, 7) is 6.44. The van der Waals surface area contributed by atoms with Crippen LogP contribution in [0.1, 0.15) is 50.8 Å². The second kappa shape index (κ2) is 8.21. The Balaban J connectivity index is 2.52. The van der Waals surface area contributed by atoms with Gasteiger partial charge >= 0.3 is 0 Å². The van der Waals surface area contributed by atoms with Gasteiger partial charge in [-0.15, -0.1) is 11.6 Å². The third-order valence-electron chi connectivity index (χ3n) is 3.04. The molecule has 1 N–H and O–H groups in total. The average Bonchev–Trinajstić information content (AvgIpc) is 2.36. The van der Waals surface area contributed by atoms with Gasteiger partial charge in [0.2, 0.25) is 5.91 Å².